The number of rotatable bonds is 1. The van der Waals surface area contributed by atoms with Gasteiger partial charge in [-0.1, -0.05) is 0 Å². The van der Waals surface area contributed by atoms with Crippen LogP contribution in [0, 0.1) is 0 Å². The molecular formula is C9H18IN2-. The molecule has 2 aliphatic rings. The van der Waals surface area contributed by atoms with E-state index in [4.69, 9.17) is 0 Å². The fourth-order valence-corrected chi connectivity index (χ4v) is 3.80. The fraction of sp³-hybridized carbons (Fsp3) is 1.00. The van der Waals surface area contributed by atoms with Gasteiger partial charge in [-0.25, -0.2) is 0 Å². The molecule has 0 aromatic rings. The molecule has 0 aliphatic carbocycles. The molecule has 0 N–H and O–H groups in total. The van der Waals surface area contributed by atoms with Gasteiger partial charge in [0, 0.05) is 0 Å². The summed E-state index contributed by atoms with van der Waals surface area (Å²) in [6.07, 6.45) is 4.31. The first-order chi connectivity index (χ1) is 5.77. The molecule has 0 saturated carbocycles. The minimum atomic E-state index is 0.363. The summed E-state index contributed by atoms with van der Waals surface area (Å²) in [5.74, 6) is 0. The van der Waals surface area contributed by atoms with Crippen molar-refractivity contribution >= 4 is 0 Å². The van der Waals surface area contributed by atoms with E-state index in [1.54, 1.807) is 0 Å². The average molecular weight is 281 g/mol. The van der Waals surface area contributed by atoms with E-state index in [1.165, 1.54) is 38.9 Å². The molecule has 2 fully saturated rings. The van der Waals surface area contributed by atoms with Crippen LogP contribution in [0.2, 0.25) is 0 Å². The van der Waals surface area contributed by atoms with Gasteiger partial charge >= 0.3 is 85.9 Å². The second-order valence-corrected chi connectivity index (χ2v) is 6.30. The molecule has 2 nitrogen and oxygen atoms in total. The van der Waals surface area contributed by atoms with Crippen LogP contribution in [-0.2, 0) is 0 Å². The van der Waals surface area contributed by atoms with Crippen molar-refractivity contribution in [3.63, 3.8) is 0 Å². The summed E-state index contributed by atoms with van der Waals surface area (Å²) in [7, 11) is 2.29. The predicted octanol–water partition coefficient (Wildman–Crippen LogP) is -2.21. The number of hydrogen-bond acceptors (Lipinski definition) is 2. The zero-order chi connectivity index (χ0) is 8.60. The molecule has 2 heterocycles. The van der Waals surface area contributed by atoms with Crippen LogP contribution in [0.3, 0.4) is 0 Å². The van der Waals surface area contributed by atoms with Crippen LogP contribution in [0.25, 0.3) is 0 Å². The van der Waals surface area contributed by atoms with Gasteiger partial charge in [0.1, 0.15) is 0 Å². The molecule has 0 atom stereocenters. The first-order valence-corrected chi connectivity index (χ1v) is 7.85. The Morgan fingerprint density at radius 1 is 1.08 bits per heavy atom. The third-order valence-corrected chi connectivity index (χ3v) is 5.93. The van der Waals surface area contributed by atoms with Crippen molar-refractivity contribution in [2.45, 2.75) is 24.8 Å². The first-order valence-electron chi connectivity index (χ1n) is 4.73. The molecular weight excluding hydrogens is 263 g/mol. The van der Waals surface area contributed by atoms with Gasteiger partial charge in [-0.3, -0.25) is 0 Å². The Kier molecular flexibility index (Phi) is 2.63. The van der Waals surface area contributed by atoms with Gasteiger partial charge < -0.3 is 0 Å². The molecule has 0 radical (unpaired) electrons. The number of nitrogens with zero attached hydrogens (tertiary/aromatic N) is 2. The van der Waals surface area contributed by atoms with Gasteiger partial charge in [-0.15, -0.1) is 0 Å². The van der Waals surface area contributed by atoms with Gasteiger partial charge in [-0.05, 0) is 0 Å². The van der Waals surface area contributed by atoms with Crippen LogP contribution in [0.4, 0.5) is 0 Å². The van der Waals surface area contributed by atoms with Crippen LogP contribution < -0.4 is 21.5 Å². The fourth-order valence-electron chi connectivity index (χ4n) is 2.35. The molecule has 2 saturated heterocycles. The number of piperidine rings is 1. The van der Waals surface area contributed by atoms with Crippen molar-refractivity contribution in [2.24, 2.45) is 0 Å². The maximum atomic E-state index is 2.68. The standard InChI is InChI=1S/C9H18IN2/c1-10-12-7-4-9(5-8-12)3-6-11(9)2/h3-8H2,1-2H3/q-1. The Morgan fingerprint density at radius 2 is 1.67 bits per heavy atom. The van der Waals surface area contributed by atoms with Gasteiger partial charge in [0.05, 0.1) is 0 Å². The van der Waals surface area contributed by atoms with Gasteiger partial charge in [-0.2, -0.15) is 0 Å². The van der Waals surface area contributed by atoms with Crippen LogP contribution in [-0.4, -0.2) is 45.2 Å². The molecule has 0 amide bonds. The van der Waals surface area contributed by atoms with Crippen LogP contribution >= 0.6 is 0 Å². The Labute approximate surface area is 85.9 Å². The molecule has 0 aromatic carbocycles. The third kappa shape index (κ3) is 1.40. The van der Waals surface area contributed by atoms with Crippen molar-refractivity contribution < 1.29 is 21.5 Å². The summed E-state index contributed by atoms with van der Waals surface area (Å²) in [6.45, 7) is 4.07. The van der Waals surface area contributed by atoms with E-state index < -0.39 is 0 Å². The summed E-state index contributed by atoms with van der Waals surface area (Å²) in [6, 6.07) is 0. The third-order valence-electron chi connectivity index (χ3n) is 3.60. The molecule has 72 valence electrons. The zero-order valence-electron chi connectivity index (χ0n) is 8.02. The Balaban J connectivity index is 1.89. The second kappa shape index (κ2) is 3.42. The minimum absolute atomic E-state index is 0.363. The molecule has 0 bridgehead atoms. The van der Waals surface area contributed by atoms with Crippen molar-refractivity contribution in [3.8, 4) is 0 Å². The Hall–Kier alpha value is 0.650. The molecule has 12 heavy (non-hydrogen) atoms. The first kappa shape index (κ1) is 9.21. The van der Waals surface area contributed by atoms with Crippen molar-refractivity contribution in [2.75, 3.05) is 31.6 Å². The van der Waals surface area contributed by atoms with E-state index in [-0.39, 0.29) is 0 Å². The van der Waals surface area contributed by atoms with E-state index in [2.05, 4.69) is 20.0 Å². The number of likely N-dealkylation sites (tertiary alicyclic amines) is 1. The quantitative estimate of drug-likeness (QED) is 0.305. The summed E-state index contributed by atoms with van der Waals surface area (Å²) in [4.78, 5) is 4.94. The van der Waals surface area contributed by atoms with Crippen LogP contribution in [0.15, 0.2) is 0 Å². The molecule has 1 spiro atoms. The topological polar surface area (TPSA) is 6.48 Å². The normalized spacial score (nSPS) is 30.8. The Bertz CT molecular complexity index is 164. The monoisotopic (exact) mass is 281 g/mol. The summed E-state index contributed by atoms with van der Waals surface area (Å²) < 4.78 is 2.68. The SMILES string of the molecule is C[I-]N1CCC2(CC1)CCN2C. The predicted molar refractivity (Wildman–Crippen MR) is 46.7 cm³/mol. The average Bonchev–Trinajstić information content (AvgIpc) is 2.16. The Morgan fingerprint density at radius 3 is 2.00 bits per heavy atom. The van der Waals surface area contributed by atoms with Gasteiger partial charge in [0.2, 0.25) is 0 Å². The van der Waals surface area contributed by atoms with Crippen molar-refractivity contribution in [1.29, 1.82) is 0 Å². The summed E-state index contributed by atoms with van der Waals surface area (Å²) in [5, 5.41) is 0. The van der Waals surface area contributed by atoms with E-state index in [0.717, 1.165) is 0 Å². The molecule has 3 heteroatoms. The van der Waals surface area contributed by atoms with Gasteiger partial charge in [0.15, 0.2) is 0 Å². The second-order valence-electron chi connectivity index (χ2n) is 3.97. The maximum absolute atomic E-state index is 2.68. The molecule has 0 aromatic heterocycles. The summed E-state index contributed by atoms with van der Waals surface area (Å²) in [5.41, 5.74) is 0.648. The van der Waals surface area contributed by atoms with E-state index in [0.29, 0.717) is 27.0 Å². The molecule has 2 aliphatic heterocycles. The number of hydrogen-bond donors (Lipinski definition) is 0. The van der Waals surface area contributed by atoms with Crippen molar-refractivity contribution in [1.82, 2.24) is 8.01 Å². The number of halogens is 1. The van der Waals surface area contributed by atoms with E-state index >= 15 is 0 Å². The molecule has 2 rings (SSSR count). The van der Waals surface area contributed by atoms with Crippen LogP contribution in [0.5, 0.6) is 0 Å². The molecule has 0 unspecified atom stereocenters. The van der Waals surface area contributed by atoms with Gasteiger partial charge in [0.25, 0.3) is 0 Å². The van der Waals surface area contributed by atoms with Crippen LogP contribution in [0.1, 0.15) is 19.3 Å². The zero-order valence-corrected chi connectivity index (χ0v) is 10.2. The van der Waals surface area contributed by atoms with Crippen molar-refractivity contribution in [3.05, 3.63) is 0 Å². The van der Waals surface area contributed by atoms with E-state index in [9.17, 15) is 0 Å². The summed E-state index contributed by atoms with van der Waals surface area (Å²) >= 11 is 0.363. The number of alkyl halides is 1. The van der Waals surface area contributed by atoms with E-state index in [1.807, 2.05) is 0 Å².